The number of rotatable bonds is 5. The molecule has 146 valence electrons. The lowest BCUT2D eigenvalue weighted by molar-refractivity contribution is 0.171. The van der Waals surface area contributed by atoms with Crippen molar-refractivity contribution in [3.05, 3.63) is 47.0 Å². The number of hydrogen-bond acceptors (Lipinski definition) is 5. The standard InChI is InChI=1S/C20H25NO5S/c1-13-11-19(14(2)10-17(13)24-5)27(22,23)21-20(3,4)15-6-7-16-18(12-15)26-9-8-25-16/h6-7,10-12,21H,8-9H2,1-5H3. The first-order valence-electron chi connectivity index (χ1n) is 8.73. The van der Waals surface area contributed by atoms with Crippen LogP contribution in [0.25, 0.3) is 0 Å². The molecule has 0 spiro atoms. The minimum Gasteiger partial charge on any atom is -0.496 e. The number of nitrogens with one attached hydrogen (secondary N) is 1. The second-order valence-electron chi connectivity index (χ2n) is 7.18. The van der Waals surface area contributed by atoms with Gasteiger partial charge in [-0.05, 0) is 68.7 Å². The van der Waals surface area contributed by atoms with Gasteiger partial charge in [-0.25, -0.2) is 13.1 Å². The van der Waals surface area contributed by atoms with Crippen LogP contribution in [0.5, 0.6) is 17.2 Å². The number of fused-ring (bicyclic) bond motifs is 1. The zero-order valence-corrected chi connectivity index (χ0v) is 17.1. The van der Waals surface area contributed by atoms with Crippen molar-refractivity contribution in [1.82, 2.24) is 4.72 Å². The van der Waals surface area contributed by atoms with Crippen LogP contribution in [0.4, 0.5) is 0 Å². The van der Waals surface area contributed by atoms with Crippen molar-refractivity contribution in [2.45, 2.75) is 38.1 Å². The molecule has 1 N–H and O–H groups in total. The Morgan fingerprint density at radius 3 is 2.33 bits per heavy atom. The first kappa shape index (κ1) is 19.5. The van der Waals surface area contributed by atoms with E-state index in [1.807, 2.05) is 39.0 Å². The highest BCUT2D eigenvalue weighted by molar-refractivity contribution is 7.89. The summed E-state index contributed by atoms with van der Waals surface area (Å²) in [7, 11) is -2.17. The molecule has 0 amide bonds. The highest BCUT2D eigenvalue weighted by Gasteiger charge is 2.30. The maximum absolute atomic E-state index is 13.1. The van der Waals surface area contributed by atoms with Crippen LogP contribution in [0.1, 0.15) is 30.5 Å². The highest BCUT2D eigenvalue weighted by atomic mass is 32.2. The zero-order chi connectivity index (χ0) is 19.8. The number of methoxy groups -OCH3 is 1. The van der Waals surface area contributed by atoms with Crippen LogP contribution in [-0.2, 0) is 15.6 Å². The quantitative estimate of drug-likeness (QED) is 0.847. The van der Waals surface area contributed by atoms with Gasteiger partial charge in [-0.15, -0.1) is 0 Å². The molecule has 3 rings (SSSR count). The van der Waals surface area contributed by atoms with Gasteiger partial charge in [0.05, 0.1) is 17.5 Å². The Hall–Kier alpha value is -2.25. The lowest BCUT2D eigenvalue weighted by Gasteiger charge is -2.29. The third-order valence-electron chi connectivity index (χ3n) is 4.64. The minimum atomic E-state index is -3.74. The average Bonchev–Trinajstić information content (AvgIpc) is 2.61. The van der Waals surface area contributed by atoms with E-state index in [4.69, 9.17) is 14.2 Å². The molecule has 0 aromatic heterocycles. The van der Waals surface area contributed by atoms with E-state index in [2.05, 4.69) is 4.72 Å². The summed E-state index contributed by atoms with van der Waals surface area (Å²) in [4.78, 5) is 0.242. The molecule has 27 heavy (non-hydrogen) atoms. The smallest absolute Gasteiger partial charge is 0.241 e. The van der Waals surface area contributed by atoms with Crippen LogP contribution in [0, 0.1) is 13.8 Å². The van der Waals surface area contributed by atoms with Gasteiger partial charge in [0.1, 0.15) is 19.0 Å². The molecular formula is C20H25NO5S. The van der Waals surface area contributed by atoms with Crippen molar-refractivity contribution >= 4 is 10.0 Å². The predicted octanol–water partition coefficient (Wildman–Crippen LogP) is 3.30. The average molecular weight is 391 g/mol. The molecule has 0 fully saturated rings. The normalized spacial score (nSPS) is 14.1. The Morgan fingerprint density at radius 1 is 1.00 bits per heavy atom. The number of aryl methyl sites for hydroxylation is 2. The van der Waals surface area contributed by atoms with Crippen molar-refractivity contribution in [3.63, 3.8) is 0 Å². The van der Waals surface area contributed by atoms with E-state index >= 15 is 0 Å². The fourth-order valence-electron chi connectivity index (χ4n) is 3.15. The van der Waals surface area contributed by atoms with Crippen molar-refractivity contribution in [1.29, 1.82) is 0 Å². The highest BCUT2D eigenvalue weighted by Crippen LogP contribution is 2.35. The lowest BCUT2D eigenvalue weighted by atomic mass is 9.95. The zero-order valence-electron chi connectivity index (χ0n) is 16.3. The molecule has 1 aliphatic heterocycles. The van der Waals surface area contributed by atoms with Gasteiger partial charge in [-0.3, -0.25) is 0 Å². The fourth-order valence-corrected chi connectivity index (χ4v) is 4.87. The first-order valence-corrected chi connectivity index (χ1v) is 10.2. The molecule has 6 nitrogen and oxygen atoms in total. The van der Waals surface area contributed by atoms with E-state index in [0.29, 0.717) is 36.0 Å². The molecule has 0 saturated carbocycles. The molecule has 1 aliphatic rings. The largest absolute Gasteiger partial charge is 0.496 e. The second-order valence-corrected chi connectivity index (χ2v) is 8.83. The molecule has 0 saturated heterocycles. The van der Waals surface area contributed by atoms with Gasteiger partial charge in [0.15, 0.2) is 11.5 Å². The Balaban J connectivity index is 1.94. The Labute approximate surface area is 160 Å². The van der Waals surface area contributed by atoms with Gasteiger partial charge in [0.2, 0.25) is 10.0 Å². The Kier molecular flexibility index (Phi) is 5.10. The second kappa shape index (κ2) is 7.05. The number of sulfonamides is 1. The number of ether oxygens (including phenoxy) is 3. The van der Waals surface area contributed by atoms with Crippen LogP contribution < -0.4 is 18.9 Å². The summed E-state index contributed by atoms with van der Waals surface area (Å²) in [5.41, 5.74) is 1.34. The summed E-state index contributed by atoms with van der Waals surface area (Å²) in [6.07, 6.45) is 0. The van der Waals surface area contributed by atoms with E-state index < -0.39 is 15.6 Å². The van der Waals surface area contributed by atoms with Crippen LogP contribution in [-0.4, -0.2) is 28.7 Å². The third-order valence-corrected chi connectivity index (χ3v) is 6.43. The van der Waals surface area contributed by atoms with Gasteiger partial charge in [0, 0.05) is 0 Å². The summed E-state index contributed by atoms with van der Waals surface area (Å²) < 4.78 is 45.4. The topological polar surface area (TPSA) is 73.9 Å². The molecule has 1 heterocycles. The first-order chi connectivity index (χ1) is 12.6. The van der Waals surface area contributed by atoms with Crippen LogP contribution >= 0.6 is 0 Å². The van der Waals surface area contributed by atoms with Crippen molar-refractivity contribution in [2.75, 3.05) is 20.3 Å². The summed E-state index contributed by atoms with van der Waals surface area (Å²) in [6.45, 7) is 8.21. The predicted molar refractivity (Wildman–Crippen MR) is 103 cm³/mol. The van der Waals surface area contributed by atoms with Gasteiger partial charge >= 0.3 is 0 Å². The van der Waals surface area contributed by atoms with Gasteiger partial charge in [0.25, 0.3) is 0 Å². The van der Waals surface area contributed by atoms with E-state index in [1.54, 1.807) is 26.2 Å². The minimum absolute atomic E-state index is 0.242. The van der Waals surface area contributed by atoms with Crippen molar-refractivity contribution in [3.8, 4) is 17.2 Å². The van der Waals surface area contributed by atoms with Crippen LogP contribution in [0.15, 0.2) is 35.2 Å². The molecule has 7 heteroatoms. The van der Waals surface area contributed by atoms with Crippen molar-refractivity contribution < 1.29 is 22.6 Å². The summed E-state index contributed by atoms with van der Waals surface area (Å²) in [5, 5.41) is 0. The monoisotopic (exact) mass is 391 g/mol. The Morgan fingerprint density at radius 2 is 1.67 bits per heavy atom. The number of benzene rings is 2. The van der Waals surface area contributed by atoms with E-state index in [9.17, 15) is 8.42 Å². The van der Waals surface area contributed by atoms with Gasteiger partial charge in [-0.1, -0.05) is 6.07 Å². The summed E-state index contributed by atoms with van der Waals surface area (Å²) >= 11 is 0. The molecule has 0 aliphatic carbocycles. The summed E-state index contributed by atoms with van der Waals surface area (Å²) in [5.74, 6) is 1.96. The number of hydrogen-bond donors (Lipinski definition) is 1. The van der Waals surface area contributed by atoms with Crippen LogP contribution in [0.2, 0.25) is 0 Å². The molecule has 0 radical (unpaired) electrons. The molecule has 2 aromatic carbocycles. The molecule has 0 bridgehead atoms. The lowest BCUT2D eigenvalue weighted by Crippen LogP contribution is -2.41. The third kappa shape index (κ3) is 3.89. The SMILES string of the molecule is COc1cc(C)c(S(=O)(=O)NC(C)(C)c2ccc3c(c2)OCCO3)cc1C. The molecular weight excluding hydrogens is 366 g/mol. The van der Waals surface area contributed by atoms with Crippen LogP contribution in [0.3, 0.4) is 0 Å². The molecule has 2 aromatic rings. The Bertz CT molecular complexity index is 967. The molecule has 0 atom stereocenters. The summed E-state index contributed by atoms with van der Waals surface area (Å²) in [6, 6.07) is 8.85. The fraction of sp³-hybridized carbons (Fsp3) is 0.400. The van der Waals surface area contributed by atoms with E-state index in [1.165, 1.54) is 0 Å². The van der Waals surface area contributed by atoms with Gasteiger partial charge < -0.3 is 14.2 Å². The van der Waals surface area contributed by atoms with E-state index in [0.717, 1.165) is 11.1 Å². The van der Waals surface area contributed by atoms with Gasteiger partial charge in [-0.2, -0.15) is 0 Å². The molecule has 0 unspecified atom stereocenters. The van der Waals surface area contributed by atoms with Crippen molar-refractivity contribution in [2.24, 2.45) is 0 Å². The van der Waals surface area contributed by atoms with E-state index in [-0.39, 0.29) is 4.90 Å². The maximum Gasteiger partial charge on any atom is 0.241 e. The maximum atomic E-state index is 13.1.